The van der Waals surface area contributed by atoms with E-state index in [9.17, 15) is 10.0 Å². The summed E-state index contributed by atoms with van der Waals surface area (Å²) in [5.74, 6) is -0.457. The van der Waals surface area contributed by atoms with Gasteiger partial charge in [0.25, 0.3) is 0 Å². The number of nitrogens with zero attached hydrogens (tertiary/aromatic N) is 5. The third-order valence-electron chi connectivity index (χ3n) is 2.01. The molecule has 2 rings (SSSR count). The Morgan fingerprint density at radius 1 is 1.53 bits per heavy atom. The van der Waals surface area contributed by atoms with Crippen molar-refractivity contribution >= 4 is 5.97 Å². The lowest BCUT2D eigenvalue weighted by atomic mass is 10.4. The molecule has 0 spiro atoms. The summed E-state index contributed by atoms with van der Waals surface area (Å²) in [6, 6.07) is 1.40. The lowest BCUT2D eigenvalue weighted by Gasteiger charge is -2.00. The first kappa shape index (κ1) is 12.7. The van der Waals surface area contributed by atoms with Crippen molar-refractivity contribution in [3.05, 3.63) is 18.6 Å². The Labute approximate surface area is 107 Å². The number of ether oxygens (including phenoxy) is 2. The highest BCUT2D eigenvalue weighted by Gasteiger charge is 2.14. The average Bonchev–Trinajstić information content (AvgIpc) is 2.79. The first-order valence-corrected chi connectivity index (χ1v) is 5.42. The molecule has 0 aliphatic carbocycles. The van der Waals surface area contributed by atoms with Crippen LogP contribution in [0, 0.1) is 0 Å². The smallest absolute Gasteiger partial charge is 0.344 e. The highest BCUT2D eigenvalue weighted by atomic mass is 16.6. The van der Waals surface area contributed by atoms with E-state index in [4.69, 9.17) is 4.74 Å². The van der Waals surface area contributed by atoms with Gasteiger partial charge in [-0.1, -0.05) is 9.94 Å². The van der Waals surface area contributed by atoms with Crippen LogP contribution in [0.4, 0.5) is 0 Å². The Kier molecular flexibility index (Phi) is 3.86. The molecule has 0 radical (unpaired) electrons. The third kappa shape index (κ3) is 3.15. The fourth-order valence-corrected chi connectivity index (χ4v) is 1.26. The Morgan fingerprint density at radius 2 is 2.37 bits per heavy atom. The molecule has 0 aliphatic heterocycles. The van der Waals surface area contributed by atoms with Gasteiger partial charge in [0, 0.05) is 6.20 Å². The minimum Gasteiger partial charge on any atom is -0.463 e. The summed E-state index contributed by atoms with van der Waals surface area (Å²) < 4.78 is 9.66. The van der Waals surface area contributed by atoms with Crippen molar-refractivity contribution in [3.63, 3.8) is 0 Å². The summed E-state index contributed by atoms with van der Waals surface area (Å²) in [6.07, 6.45) is 2.80. The van der Waals surface area contributed by atoms with Gasteiger partial charge in [0.05, 0.1) is 6.61 Å². The maximum absolute atomic E-state index is 11.1. The standard InChI is InChI=1S/C10H11N5O4/c1-2-18-8(16)5-19-10-13-9(15(17)14-10)7-3-4-11-6-12-7/h3-4,6,17H,2,5H2,1H3. The van der Waals surface area contributed by atoms with E-state index < -0.39 is 5.97 Å². The molecule has 0 aromatic carbocycles. The predicted molar refractivity (Wildman–Crippen MR) is 60.4 cm³/mol. The van der Waals surface area contributed by atoms with E-state index in [0.29, 0.717) is 10.5 Å². The van der Waals surface area contributed by atoms with Gasteiger partial charge in [-0.25, -0.2) is 14.8 Å². The first-order chi connectivity index (χ1) is 9.20. The third-order valence-corrected chi connectivity index (χ3v) is 2.01. The molecule has 0 aliphatic rings. The van der Waals surface area contributed by atoms with Gasteiger partial charge in [-0.05, 0) is 13.0 Å². The van der Waals surface area contributed by atoms with Gasteiger partial charge >= 0.3 is 12.0 Å². The van der Waals surface area contributed by atoms with Crippen LogP contribution in [0.1, 0.15) is 6.92 Å². The zero-order valence-electron chi connectivity index (χ0n) is 10.1. The molecule has 0 saturated heterocycles. The van der Waals surface area contributed by atoms with Crippen LogP contribution in [0.5, 0.6) is 6.01 Å². The zero-order chi connectivity index (χ0) is 13.7. The summed E-state index contributed by atoms with van der Waals surface area (Å²) in [4.78, 5) is 23.1. The predicted octanol–water partition coefficient (Wildman–Crippen LogP) is -0.0857. The lowest BCUT2D eigenvalue weighted by molar-refractivity contribution is -0.145. The zero-order valence-corrected chi connectivity index (χ0v) is 10.1. The molecule has 0 unspecified atom stereocenters. The van der Waals surface area contributed by atoms with E-state index in [-0.39, 0.29) is 25.0 Å². The molecule has 100 valence electrons. The number of rotatable bonds is 5. The summed E-state index contributed by atoms with van der Waals surface area (Å²) in [7, 11) is 0. The van der Waals surface area contributed by atoms with E-state index in [0.717, 1.165) is 0 Å². The highest BCUT2D eigenvalue weighted by molar-refractivity contribution is 5.70. The maximum atomic E-state index is 11.1. The van der Waals surface area contributed by atoms with Crippen LogP contribution in [-0.2, 0) is 9.53 Å². The fourth-order valence-electron chi connectivity index (χ4n) is 1.26. The van der Waals surface area contributed by atoms with Crippen molar-refractivity contribution in [2.75, 3.05) is 13.2 Å². The Bertz CT molecular complexity index is 556. The van der Waals surface area contributed by atoms with Crippen LogP contribution in [-0.4, -0.2) is 49.3 Å². The number of hydrogen-bond donors (Lipinski definition) is 1. The second-order valence-electron chi connectivity index (χ2n) is 3.30. The molecule has 19 heavy (non-hydrogen) atoms. The lowest BCUT2D eigenvalue weighted by Crippen LogP contribution is -2.15. The normalized spacial score (nSPS) is 10.2. The van der Waals surface area contributed by atoms with Crippen molar-refractivity contribution < 1.29 is 19.5 Å². The molecular weight excluding hydrogens is 254 g/mol. The topological polar surface area (TPSA) is 112 Å². The summed E-state index contributed by atoms with van der Waals surface area (Å²) in [5, 5.41) is 13.1. The summed E-state index contributed by atoms with van der Waals surface area (Å²) in [6.45, 7) is 1.61. The second kappa shape index (κ2) is 5.76. The fraction of sp³-hybridized carbons (Fsp3) is 0.300. The molecule has 2 aromatic rings. The van der Waals surface area contributed by atoms with E-state index in [2.05, 4.69) is 24.8 Å². The molecule has 2 heterocycles. The number of carbonyl (C=O) groups is 1. The molecule has 0 fully saturated rings. The van der Waals surface area contributed by atoms with E-state index in [1.807, 2.05) is 0 Å². The molecule has 0 amide bonds. The van der Waals surface area contributed by atoms with Gasteiger partial charge in [-0.2, -0.15) is 4.98 Å². The highest BCUT2D eigenvalue weighted by Crippen LogP contribution is 2.15. The SMILES string of the molecule is CCOC(=O)COc1nc(-c2ccncn2)n(O)n1. The van der Waals surface area contributed by atoms with Crippen LogP contribution in [0.2, 0.25) is 0 Å². The second-order valence-corrected chi connectivity index (χ2v) is 3.30. The number of aromatic nitrogens is 5. The largest absolute Gasteiger partial charge is 0.463 e. The molecule has 0 bridgehead atoms. The van der Waals surface area contributed by atoms with E-state index in [1.54, 1.807) is 13.0 Å². The Morgan fingerprint density at radius 3 is 3.05 bits per heavy atom. The van der Waals surface area contributed by atoms with Crippen molar-refractivity contribution in [1.82, 2.24) is 24.9 Å². The number of esters is 1. The Hall–Kier alpha value is -2.71. The number of hydrogen-bond acceptors (Lipinski definition) is 8. The van der Waals surface area contributed by atoms with Crippen LogP contribution in [0.15, 0.2) is 18.6 Å². The van der Waals surface area contributed by atoms with Crippen molar-refractivity contribution in [3.8, 4) is 17.5 Å². The molecule has 1 N–H and O–H groups in total. The quantitative estimate of drug-likeness (QED) is 0.589. The summed E-state index contributed by atoms with van der Waals surface area (Å²) in [5.41, 5.74) is 0.371. The minimum atomic E-state index is -0.541. The maximum Gasteiger partial charge on any atom is 0.344 e. The molecule has 0 saturated carbocycles. The Balaban J connectivity index is 2.07. The van der Waals surface area contributed by atoms with Gasteiger partial charge in [0.2, 0.25) is 5.82 Å². The van der Waals surface area contributed by atoms with Crippen molar-refractivity contribution in [1.29, 1.82) is 0 Å². The van der Waals surface area contributed by atoms with E-state index >= 15 is 0 Å². The van der Waals surface area contributed by atoms with E-state index in [1.165, 1.54) is 12.5 Å². The monoisotopic (exact) mass is 265 g/mol. The van der Waals surface area contributed by atoms with Crippen LogP contribution >= 0.6 is 0 Å². The van der Waals surface area contributed by atoms with Crippen LogP contribution < -0.4 is 4.74 Å². The van der Waals surface area contributed by atoms with Gasteiger partial charge < -0.3 is 14.7 Å². The van der Waals surface area contributed by atoms with Crippen molar-refractivity contribution in [2.24, 2.45) is 0 Å². The summed E-state index contributed by atoms with van der Waals surface area (Å²) >= 11 is 0. The first-order valence-electron chi connectivity index (χ1n) is 5.42. The molecule has 0 atom stereocenters. The van der Waals surface area contributed by atoms with Crippen molar-refractivity contribution in [2.45, 2.75) is 6.92 Å². The molecular formula is C10H11N5O4. The van der Waals surface area contributed by atoms with Gasteiger partial charge in [0.15, 0.2) is 6.61 Å². The van der Waals surface area contributed by atoms with Gasteiger partial charge in [0.1, 0.15) is 12.0 Å². The molecule has 9 heteroatoms. The minimum absolute atomic E-state index is 0.0845. The van der Waals surface area contributed by atoms with Gasteiger partial charge in [-0.3, -0.25) is 0 Å². The molecule has 2 aromatic heterocycles. The van der Waals surface area contributed by atoms with Gasteiger partial charge in [-0.15, -0.1) is 0 Å². The average molecular weight is 265 g/mol. The molecule has 9 nitrogen and oxygen atoms in total. The van der Waals surface area contributed by atoms with Crippen LogP contribution in [0.3, 0.4) is 0 Å². The van der Waals surface area contributed by atoms with Crippen LogP contribution in [0.25, 0.3) is 11.5 Å². The number of carbonyl (C=O) groups excluding carboxylic acids is 1.